The molecule has 0 aliphatic carbocycles. The van der Waals surface area contributed by atoms with Crippen LogP contribution in [0.2, 0.25) is 0 Å². The average molecular weight is 225 g/mol. The van der Waals surface area contributed by atoms with Crippen molar-refractivity contribution in [2.45, 2.75) is 13.2 Å². The molecular formula is C12H19NO3. The first-order valence-electron chi connectivity index (χ1n) is 5.32. The highest BCUT2D eigenvalue weighted by molar-refractivity contribution is 5.48. The molecule has 0 radical (unpaired) electrons. The number of anilines is 1. The fraction of sp³-hybridized carbons (Fsp3) is 0.500. The molecule has 0 aliphatic heterocycles. The smallest absolute Gasteiger partial charge is 0.173 e. The lowest BCUT2D eigenvalue weighted by Crippen LogP contribution is -2.23. The van der Waals surface area contributed by atoms with E-state index in [0.717, 1.165) is 11.4 Å². The van der Waals surface area contributed by atoms with Gasteiger partial charge in [-0.05, 0) is 19.1 Å². The molecule has 0 saturated heterocycles. The minimum absolute atomic E-state index is 0.240. The summed E-state index contributed by atoms with van der Waals surface area (Å²) in [6, 6.07) is 7.80. The van der Waals surface area contributed by atoms with Gasteiger partial charge in [-0.1, -0.05) is 6.07 Å². The lowest BCUT2D eigenvalue weighted by atomic mass is 10.3. The summed E-state index contributed by atoms with van der Waals surface area (Å²) in [6.45, 7) is 3.23. The summed E-state index contributed by atoms with van der Waals surface area (Å²) in [5.74, 6) is 0.860. The SMILES string of the molecule is CCOc1cccc(NCC(OC)OC)c1. The number of rotatable bonds is 7. The van der Waals surface area contributed by atoms with Crippen molar-refractivity contribution in [1.82, 2.24) is 0 Å². The molecule has 1 N–H and O–H groups in total. The lowest BCUT2D eigenvalue weighted by molar-refractivity contribution is -0.0914. The van der Waals surface area contributed by atoms with Crippen molar-refractivity contribution in [1.29, 1.82) is 0 Å². The lowest BCUT2D eigenvalue weighted by Gasteiger charge is -2.15. The zero-order chi connectivity index (χ0) is 11.8. The predicted molar refractivity (Wildman–Crippen MR) is 63.9 cm³/mol. The number of hydrogen-bond acceptors (Lipinski definition) is 4. The third-order valence-electron chi connectivity index (χ3n) is 2.14. The molecule has 0 heterocycles. The van der Waals surface area contributed by atoms with Crippen LogP contribution >= 0.6 is 0 Å². The minimum atomic E-state index is -0.240. The van der Waals surface area contributed by atoms with Crippen LogP contribution in [0.25, 0.3) is 0 Å². The van der Waals surface area contributed by atoms with Gasteiger partial charge in [-0.25, -0.2) is 0 Å². The van der Waals surface area contributed by atoms with Gasteiger partial charge in [-0.3, -0.25) is 0 Å². The van der Waals surface area contributed by atoms with E-state index in [9.17, 15) is 0 Å². The number of nitrogens with one attached hydrogen (secondary N) is 1. The number of hydrogen-bond donors (Lipinski definition) is 1. The Bertz CT molecular complexity index is 300. The van der Waals surface area contributed by atoms with Crippen LogP contribution < -0.4 is 10.1 Å². The molecule has 1 rings (SSSR count). The van der Waals surface area contributed by atoms with Crippen LogP contribution in [0.15, 0.2) is 24.3 Å². The molecule has 0 bridgehead atoms. The van der Waals surface area contributed by atoms with Gasteiger partial charge in [0.2, 0.25) is 0 Å². The maximum Gasteiger partial charge on any atom is 0.173 e. The predicted octanol–water partition coefficient (Wildman–Crippen LogP) is 2.12. The molecule has 0 aliphatic rings. The van der Waals surface area contributed by atoms with E-state index in [1.807, 2.05) is 31.2 Å². The number of methoxy groups -OCH3 is 2. The molecule has 0 spiro atoms. The van der Waals surface area contributed by atoms with Crippen LogP contribution in [0.1, 0.15) is 6.92 Å². The Morgan fingerprint density at radius 2 is 2.00 bits per heavy atom. The second kappa shape index (κ2) is 7.09. The van der Waals surface area contributed by atoms with Crippen molar-refractivity contribution in [2.24, 2.45) is 0 Å². The van der Waals surface area contributed by atoms with Gasteiger partial charge in [0.15, 0.2) is 6.29 Å². The minimum Gasteiger partial charge on any atom is -0.494 e. The monoisotopic (exact) mass is 225 g/mol. The summed E-state index contributed by atoms with van der Waals surface area (Å²) in [5, 5.41) is 3.22. The standard InChI is InChI=1S/C12H19NO3/c1-4-16-11-7-5-6-10(8-11)13-9-12(14-2)15-3/h5-8,12-13H,4,9H2,1-3H3. The molecule has 0 fully saturated rings. The largest absolute Gasteiger partial charge is 0.494 e. The third-order valence-corrected chi connectivity index (χ3v) is 2.14. The molecule has 0 atom stereocenters. The maximum absolute atomic E-state index is 5.40. The Morgan fingerprint density at radius 3 is 2.62 bits per heavy atom. The van der Waals surface area contributed by atoms with Crippen LogP contribution in [0.3, 0.4) is 0 Å². The van der Waals surface area contributed by atoms with Crippen molar-refractivity contribution < 1.29 is 14.2 Å². The van der Waals surface area contributed by atoms with Crippen LogP contribution in [-0.4, -0.2) is 33.7 Å². The van der Waals surface area contributed by atoms with Gasteiger partial charge in [0, 0.05) is 26.0 Å². The second-order valence-corrected chi connectivity index (χ2v) is 3.24. The molecule has 4 nitrogen and oxygen atoms in total. The molecule has 0 unspecified atom stereocenters. The van der Waals surface area contributed by atoms with Crippen molar-refractivity contribution in [2.75, 3.05) is 32.7 Å². The van der Waals surface area contributed by atoms with Crippen LogP contribution in [0.4, 0.5) is 5.69 Å². The normalized spacial score (nSPS) is 10.5. The van der Waals surface area contributed by atoms with E-state index in [1.165, 1.54) is 0 Å². The van der Waals surface area contributed by atoms with Gasteiger partial charge in [-0.2, -0.15) is 0 Å². The van der Waals surface area contributed by atoms with Crippen LogP contribution in [0.5, 0.6) is 5.75 Å². The second-order valence-electron chi connectivity index (χ2n) is 3.24. The third kappa shape index (κ3) is 4.08. The zero-order valence-corrected chi connectivity index (χ0v) is 10.0. The number of ether oxygens (including phenoxy) is 3. The summed E-state index contributed by atoms with van der Waals surface area (Å²) >= 11 is 0. The molecular weight excluding hydrogens is 206 g/mol. The van der Waals surface area contributed by atoms with Crippen molar-refractivity contribution >= 4 is 5.69 Å². The highest BCUT2D eigenvalue weighted by Gasteiger charge is 2.04. The summed E-state index contributed by atoms with van der Waals surface area (Å²) in [5.41, 5.74) is 0.991. The zero-order valence-electron chi connectivity index (χ0n) is 10.0. The van der Waals surface area contributed by atoms with E-state index in [1.54, 1.807) is 14.2 Å². The molecule has 4 heteroatoms. The van der Waals surface area contributed by atoms with E-state index in [0.29, 0.717) is 13.2 Å². The fourth-order valence-electron chi connectivity index (χ4n) is 1.33. The highest BCUT2D eigenvalue weighted by atomic mass is 16.7. The Balaban J connectivity index is 2.49. The van der Waals surface area contributed by atoms with Gasteiger partial charge in [0.1, 0.15) is 5.75 Å². The fourth-order valence-corrected chi connectivity index (χ4v) is 1.33. The summed E-state index contributed by atoms with van der Waals surface area (Å²) in [4.78, 5) is 0. The maximum atomic E-state index is 5.40. The molecule has 90 valence electrons. The van der Waals surface area contributed by atoms with Crippen molar-refractivity contribution in [3.05, 3.63) is 24.3 Å². The summed E-state index contributed by atoms with van der Waals surface area (Å²) in [7, 11) is 3.24. The Morgan fingerprint density at radius 1 is 1.25 bits per heavy atom. The van der Waals surface area contributed by atoms with Gasteiger partial charge < -0.3 is 19.5 Å². The molecule has 0 saturated carbocycles. The average Bonchev–Trinajstić information content (AvgIpc) is 2.31. The Kier molecular flexibility index (Phi) is 5.67. The Labute approximate surface area is 96.5 Å². The highest BCUT2D eigenvalue weighted by Crippen LogP contribution is 2.17. The van der Waals surface area contributed by atoms with E-state index >= 15 is 0 Å². The van der Waals surface area contributed by atoms with Crippen LogP contribution in [-0.2, 0) is 9.47 Å². The molecule has 1 aromatic rings. The quantitative estimate of drug-likeness (QED) is 0.721. The van der Waals surface area contributed by atoms with E-state index in [2.05, 4.69) is 5.32 Å². The molecule has 0 aromatic heterocycles. The van der Waals surface area contributed by atoms with Gasteiger partial charge in [0.25, 0.3) is 0 Å². The van der Waals surface area contributed by atoms with Gasteiger partial charge in [0.05, 0.1) is 13.2 Å². The molecule has 16 heavy (non-hydrogen) atoms. The van der Waals surface area contributed by atoms with Crippen molar-refractivity contribution in [3.63, 3.8) is 0 Å². The van der Waals surface area contributed by atoms with E-state index in [-0.39, 0.29) is 6.29 Å². The van der Waals surface area contributed by atoms with E-state index < -0.39 is 0 Å². The molecule has 1 aromatic carbocycles. The first kappa shape index (κ1) is 12.8. The number of benzene rings is 1. The van der Waals surface area contributed by atoms with Crippen LogP contribution in [0, 0.1) is 0 Å². The van der Waals surface area contributed by atoms with Gasteiger partial charge >= 0.3 is 0 Å². The van der Waals surface area contributed by atoms with Crippen molar-refractivity contribution in [3.8, 4) is 5.75 Å². The van der Waals surface area contributed by atoms with E-state index in [4.69, 9.17) is 14.2 Å². The summed E-state index contributed by atoms with van der Waals surface area (Å²) in [6.07, 6.45) is -0.240. The topological polar surface area (TPSA) is 39.7 Å². The first-order chi connectivity index (χ1) is 7.80. The first-order valence-corrected chi connectivity index (χ1v) is 5.32. The Hall–Kier alpha value is -1.26. The van der Waals surface area contributed by atoms with Gasteiger partial charge in [-0.15, -0.1) is 0 Å². The summed E-state index contributed by atoms with van der Waals surface area (Å²) < 4.78 is 15.6. The molecule has 0 amide bonds.